The van der Waals surface area contributed by atoms with Gasteiger partial charge in [-0.2, -0.15) is 0 Å². The highest BCUT2D eigenvalue weighted by atomic mass is 16.2. The maximum Gasteiger partial charge on any atom is 0.317 e. The largest absolute Gasteiger partial charge is 0.333 e. The molecule has 0 aromatic heterocycles. The van der Waals surface area contributed by atoms with Gasteiger partial charge in [-0.25, -0.2) is 4.79 Å². The fourth-order valence-electron chi connectivity index (χ4n) is 3.11. The van der Waals surface area contributed by atoms with E-state index in [0.717, 1.165) is 19.6 Å². The van der Waals surface area contributed by atoms with Crippen molar-refractivity contribution in [1.82, 2.24) is 20.4 Å². The topological polar surface area (TPSA) is 47.6 Å². The van der Waals surface area contributed by atoms with Crippen molar-refractivity contribution in [2.75, 3.05) is 40.3 Å². The number of rotatable bonds is 4. The van der Waals surface area contributed by atoms with Gasteiger partial charge in [0, 0.05) is 25.2 Å². The molecule has 2 saturated heterocycles. The maximum absolute atomic E-state index is 12.1. The predicted molar refractivity (Wildman–Crippen MR) is 77.3 cm³/mol. The Kier molecular flexibility index (Phi) is 4.36. The quantitative estimate of drug-likeness (QED) is 0.790. The van der Waals surface area contributed by atoms with Crippen molar-refractivity contribution in [2.24, 2.45) is 5.92 Å². The Hall–Kier alpha value is -0.810. The van der Waals surface area contributed by atoms with Gasteiger partial charge in [0.05, 0.1) is 6.04 Å². The molecule has 2 unspecified atom stereocenters. The van der Waals surface area contributed by atoms with Gasteiger partial charge in [0.25, 0.3) is 0 Å². The van der Waals surface area contributed by atoms with Crippen LogP contribution in [0.25, 0.3) is 0 Å². The summed E-state index contributed by atoms with van der Waals surface area (Å²) in [7, 11) is 4.12. The zero-order valence-electron chi connectivity index (χ0n) is 12.7. The standard InChI is InChI=1S/C14H28N4O/c1-14(2,15-3)10-18-9-12(16-13(18)19)11-6-5-7-17(4)8-11/h11-12,15H,5-10H2,1-4H3,(H,16,19). The van der Waals surface area contributed by atoms with Crippen molar-refractivity contribution in [1.29, 1.82) is 0 Å². The summed E-state index contributed by atoms with van der Waals surface area (Å²) < 4.78 is 0. The third kappa shape index (κ3) is 3.60. The zero-order valence-corrected chi connectivity index (χ0v) is 12.7. The summed E-state index contributed by atoms with van der Waals surface area (Å²) in [5, 5.41) is 6.43. The molecule has 5 nitrogen and oxygen atoms in total. The first-order valence-corrected chi connectivity index (χ1v) is 7.34. The molecule has 2 heterocycles. The lowest BCUT2D eigenvalue weighted by Crippen LogP contribution is -2.48. The van der Waals surface area contributed by atoms with Gasteiger partial charge in [-0.15, -0.1) is 0 Å². The van der Waals surface area contributed by atoms with Gasteiger partial charge in [-0.05, 0) is 53.2 Å². The summed E-state index contributed by atoms with van der Waals surface area (Å²) in [4.78, 5) is 16.4. The molecule has 2 amide bonds. The molecular weight excluding hydrogens is 240 g/mol. The summed E-state index contributed by atoms with van der Waals surface area (Å²) in [6.07, 6.45) is 2.48. The van der Waals surface area contributed by atoms with Crippen molar-refractivity contribution in [3.63, 3.8) is 0 Å². The lowest BCUT2D eigenvalue weighted by atomic mass is 9.91. The first-order valence-electron chi connectivity index (χ1n) is 7.34. The molecule has 0 aromatic rings. The number of likely N-dealkylation sites (tertiary alicyclic amines) is 1. The molecule has 2 aliphatic rings. The summed E-state index contributed by atoms with van der Waals surface area (Å²) >= 11 is 0. The minimum atomic E-state index is -0.0322. The van der Waals surface area contributed by atoms with E-state index in [1.165, 1.54) is 19.4 Å². The summed E-state index contributed by atoms with van der Waals surface area (Å²) in [6.45, 7) is 8.16. The molecule has 19 heavy (non-hydrogen) atoms. The number of amides is 2. The van der Waals surface area contributed by atoms with Crippen LogP contribution in [0.1, 0.15) is 26.7 Å². The third-order valence-electron chi connectivity index (χ3n) is 4.51. The van der Waals surface area contributed by atoms with E-state index >= 15 is 0 Å². The van der Waals surface area contributed by atoms with Crippen LogP contribution in [-0.4, -0.2) is 67.7 Å². The van der Waals surface area contributed by atoms with E-state index in [1.54, 1.807) is 0 Å². The van der Waals surface area contributed by atoms with Crippen LogP contribution < -0.4 is 10.6 Å². The molecular formula is C14H28N4O. The van der Waals surface area contributed by atoms with Crippen molar-refractivity contribution < 1.29 is 4.79 Å². The second kappa shape index (κ2) is 5.67. The second-order valence-electron chi connectivity index (χ2n) is 6.73. The molecule has 2 fully saturated rings. The molecule has 0 spiro atoms. The van der Waals surface area contributed by atoms with Crippen molar-refractivity contribution >= 4 is 6.03 Å². The molecule has 0 aromatic carbocycles. The lowest BCUT2D eigenvalue weighted by Gasteiger charge is -2.33. The summed E-state index contributed by atoms with van der Waals surface area (Å²) in [5.74, 6) is 0.602. The average molecular weight is 268 g/mol. The fraction of sp³-hybridized carbons (Fsp3) is 0.929. The monoisotopic (exact) mass is 268 g/mol. The normalized spacial score (nSPS) is 29.7. The van der Waals surface area contributed by atoms with Crippen LogP contribution in [-0.2, 0) is 0 Å². The maximum atomic E-state index is 12.1. The molecule has 0 bridgehead atoms. The number of likely N-dealkylation sites (N-methyl/N-ethyl adjacent to an activating group) is 1. The van der Waals surface area contributed by atoms with E-state index < -0.39 is 0 Å². The minimum Gasteiger partial charge on any atom is -0.333 e. The second-order valence-corrected chi connectivity index (χ2v) is 6.73. The number of urea groups is 1. The minimum absolute atomic E-state index is 0.0322. The van der Waals surface area contributed by atoms with Crippen LogP contribution in [0.2, 0.25) is 0 Å². The lowest BCUT2D eigenvalue weighted by molar-refractivity contribution is 0.176. The highest BCUT2D eigenvalue weighted by molar-refractivity contribution is 5.77. The molecule has 2 atom stereocenters. The Labute approximate surface area is 116 Å². The van der Waals surface area contributed by atoms with E-state index in [2.05, 4.69) is 36.4 Å². The smallest absolute Gasteiger partial charge is 0.317 e. The van der Waals surface area contributed by atoms with Crippen molar-refractivity contribution in [3.8, 4) is 0 Å². The SMILES string of the molecule is CNC(C)(C)CN1CC(C2CCCN(C)C2)NC1=O. The molecule has 0 aliphatic carbocycles. The number of carbonyl (C=O) groups is 1. The Morgan fingerprint density at radius 1 is 1.42 bits per heavy atom. The van der Waals surface area contributed by atoms with Crippen LogP contribution in [0, 0.1) is 5.92 Å². The van der Waals surface area contributed by atoms with Gasteiger partial charge in [0.2, 0.25) is 0 Å². The molecule has 0 saturated carbocycles. The van der Waals surface area contributed by atoms with Gasteiger partial charge in [-0.3, -0.25) is 0 Å². The Morgan fingerprint density at radius 3 is 2.79 bits per heavy atom. The third-order valence-corrected chi connectivity index (χ3v) is 4.51. The molecule has 2 aliphatic heterocycles. The van der Waals surface area contributed by atoms with Crippen LogP contribution in [0.3, 0.4) is 0 Å². The van der Waals surface area contributed by atoms with Crippen molar-refractivity contribution in [3.05, 3.63) is 0 Å². The first kappa shape index (κ1) is 14.6. The van der Waals surface area contributed by atoms with Gasteiger partial charge in [-0.1, -0.05) is 0 Å². The molecule has 2 rings (SSSR count). The van der Waals surface area contributed by atoms with Gasteiger partial charge in [0.15, 0.2) is 0 Å². The summed E-state index contributed by atoms with van der Waals surface area (Å²) in [6, 6.07) is 0.421. The van der Waals surface area contributed by atoms with Crippen LogP contribution >= 0.6 is 0 Å². The van der Waals surface area contributed by atoms with Gasteiger partial charge < -0.3 is 20.4 Å². The van der Waals surface area contributed by atoms with E-state index in [-0.39, 0.29) is 11.6 Å². The van der Waals surface area contributed by atoms with Gasteiger partial charge in [0.1, 0.15) is 0 Å². The first-order chi connectivity index (χ1) is 8.91. The zero-order chi connectivity index (χ0) is 14.0. The van der Waals surface area contributed by atoms with Crippen LogP contribution in [0.15, 0.2) is 0 Å². The van der Waals surface area contributed by atoms with E-state index in [9.17, 15) is 4.79 Å². The van der Waals surface area contributed by atoms with E-state index in [1.807, 2.05) is 11.9 Å². The number of nitrogens with zero attached hydrogens (tertiary/aromatic N) is 2. The van der Waals surface area contributed by atoms with Crippen LogP contribution in [0.4, 0.5) is 4.79 Å². The van der Waals surface area contributed by atoms with E-state index in [4.69, 9.17) is 0 Å². The van der Waals surface area contributed by atoms with Crippen LogP contribution in [0.5, 0.6) is 0 Å². The Bertz CT molecular complexity index is 331. The molecule has 2 N–H and O–H groups in total. The number of piperidine rings is 1. The Morgan fingerprint density at radius 2 is 2.16 bits per heavy atom. The van der Waals surface area contributed by atoms with Gasteiger partial charge >= 0.3 is 6.03 Å². The highest BCUT2D eigenvalue weighted by Crippen LogP contribution is 2.23. The Balaban J connectivity index is 1.91. The fourth-order valence-corrected chi connectivity index (χ4v) is 3.11. The number of carbonyl (C=O) groups excluding carboxylic acids is 1. The summed E-state index contributed by atoms with van der Waals surface area (Å²) in [5.41, 5.74) is -0.0322. The highest BCUT2D eigenvalue weighted by Gasteiger charge is 2.37. The number of hydrogen-bond acceptors (Lipinski definition) is 3. The number of hydrogen-bond donors (Lipinski definition) is 2. The number of nitrogens with one attached hydrogen (secondary N) is 2. The van der Waals surface area contributed by atoms with Crippen molar-refractivity contribution in [2.45, 2.75) is 38.3 Å². The molecule has 110 valence electrons. The molecule has 0 radical (unpaired) electrons. The molecule has 5 heteroatoms. The predicted octanol–water partition coefficient (Wildman–Crippen LogP) is 0.720. The average Bonchev–Trinajstić information content (AvgIpc) is 2.70. The van der Waals surface area contributed by atoms with E-state index in [0.29, 0.717) is 12.0 Å².